The topological polar surface area (TPSA) is 38.0 Å². The van der Waals surface area contributed by atoms with Crippen LogP contribution in [0.3, 0.4) is 0 Å². The fraction of sp³-hybridized carbons (Fsp3) is 0.625. The van der Waals surface area contributed by atoms with Crippen LogP contribution in [0.5, 0.6) is 0 Å². The molecule has 4 heteroatoms. The monoisotopic (exact) mass is 316 g/mol. The Morgan fingerprint density at radius 3 is 2.20 bits per heavy atom. The quantitative estimate of drug-likeness (QED) is 0.776. The molecule has 114 valence electrons. The summed E-state index contributed by atoms with van der Waals surface area (Å²) in [6, 6.07) is 5.56. The van der Waals surface area contributed by atoms with Crippen LogP contribution in [0.2, 0.25) is 10.0 Å². The van der Waals surface area contributed by atoms with E-state index in [1.54, 1.807) is 6.07 Å². The molecule has 0 radical (unpaired) electrons. The lowest BCUT2D eigenvalue weighted by molar-refractivity contribution is 0.266. The summed E-state index contributed by atoms with van der Waals surface area (Å²) in [4.78, 5) is 0. The smallest absolute Gasteiger partial charge is 0.0460 e. The van der Waals surface area contributed by atoms with E-state index in [2.05, 4.69) is 33.0 Å². The van der Waals surface area contributed by atoms with Gasteiger partial charge in [0.2, 0.25) is 0 Å². The van der Waals surface area contributed by atoms with E-state index in [1.165, 1.54) is 0 Å². The van der Waals surface area contributed by atoms with E-state index < -0.39 is 0 Å². The molecule has 20 heavy (non-hydrogen) atoms. The molecule has 0 spiro atoms. The predicted octanol–water partition coefficient (Wildman–Crippen LogP) is 4.51. The summed E-state index contributed by atoms with van der Waals surface area (Å²) in [6.07, 6.45) is 0. The molecule has 2 nitrogen and oxygen atoms in total. The fourth-order valence-corrected chi connectivity index (χ4v) is 3.05. The van der Waals surface area contributed by atoms with Crippen molar-refractivity contribution < 1.29 is 0 Å². The zero-order valence-corrected chi connectivity index (χ0v) is 14.3. The number of rotatable bonds is 7. The average Bonchev–Trinajstić information content (AvgIpc) is 2.37. The molecule has 3 N–H and O–H groups in total. The summed E-state index contributed by atoms with van der Waals surface area (Å²) >= 11 is 12.3. The molecule has 1 aromatic rings. The Morgan fingerprint density at radius 2 is 1.70 bits per heavy atom. The first-order valence-corrected chi connectivity index (χ1v) is 8.00. The highest BCUT2D eigenvalue weighted by atomic mass is 35.5. The van der Waals surface area contributed by atoms with Gasteiger partial charge in [-0.05, 0) is 48.1 Å². The molecular weight excluding hydrogens is 291 g/mol. The third kappa shape index (κ3) is 4.92. The van der Waals surface area contributed by atoms with E-state index in [0.29, 0.717) is 34.3 Å². The summed E-state index contributed by atoms with van der Waals surface area (Å²) in [6.45, 7) is 10.5. The highest BCUT2D eigenvalue weighted by Gasteiger charge is 2.20. The summed E-state index contributed by atoms with van der Waals surface area (Å²) in [5.41, 5.74) is 6.88. The number of hydrogen-bond donors (Lipinski definition) is 2. The van der Waals surface area contributed by atoms with Crippen LogP contribution in [0.15, 0.2) is 18.2 Å². The van der Waals surface area contributed by atoms with Crippen LogP contribution < -0.4 is 11.1 Å². The van der Waals surface area contributed by atoms with Gasteiger partial charge in [-0.1, -0.05) is 50.9 Å². The second-order valence-corrected chi connectivity index (χ2v) is 6.86. The molecule has 0 aliphatic rings. The minimum absolute atomic E-state index is 0.0428. The van der Waals surface area contributed by atoms with Gasteiger partial charge < -0.3 is 11.1 Å². The Balaban J connectivity index is 2.79. The Morgan fingerprint density at radius 1 is 1.10 bits per heavy atom. The Kier molecular flexibility index (Phi) is 7.32. The van der Waals surface area contributed by atoms with Gasteiger partial charge in [0, 0.05) is 22.6 Å². The van der Waals surface area contributed by atoms with E-state index in [4.69, 9.17) is 28.9 Å². The van der Waals surface area contributed by atoms with Crippen LogP contribution in [0.1, 0.15) is 39.3 Å². The Hall–Kier alpha value is -0.280. The maximum atomic E-state index is 6.26. The molecule has 0 aliphatic carbocycles. The molecule has 0 heterocycles. The lowest BCUT2D eigenvalue weighted by atomic mass is 9.85. The van der Waals surface area contributed by atoms with Crippen molar-refractivity contribution >= 4 is 23.2 Å². The largest absolute Gasteiger partial charge is 0.329 e. The third-order valence-corrected chi connectivity index (χ3v) is 4.46. The highest BCUT2D eigenvalue weighted by molar-refractivity contribution is 6.33. The van der Waals surface area contributed by atoms with Crippen LogP contribution in [-0.4, -0.2) is 13.1 Å². The average molecular weight is 317 g/mol. The maximum Gasteiger partial charge on any atom is 0.0460 e. The zero-order chi connectivity index (χ0) is 15.3. The lowest BCUT2D eigenvalue weighted by Gasteiger charge is -2.28. The van der Waals surface area contributed by atoms with Crippen molar-refractivity contribution in [2.75, 3.05) is 13.1 Å². The van der Waals surface area contributed by atoms with Gasteiger partial charge in [0.25, 0.3) is 0 Å². The fourth-order valence-electron chi connectivity index (χ4n) is 2.62. The van der Waals surface area contributed by atoms with E-state index in [-0.39, 0.29) is 6.04 Å². The second kappa shape index (κ2) is 8.23. The molecule has 1 rings (SSSR count). The molecule has 0 aromatic heterocycles. The molecule has 1 unspecified atom stereocenters. The van der Waals surface area contributed by atoms with Gasteiger partial charge in [0.15, 0.2) is 0 Å². The van der Waals surface area contributed by atoms with E-state index in [0.717, 1.165) is 12.1 Å². The second-order valence-electron chi connectivity index (χ2n) is 6.01. The minimum Gasteiger partial charge on any atom is -0.329 e. The summed E-state index contributed by atoms with van der Waals surface area (Å²) in [7, 11) is 0. The number of hydrogen-bond acceptors (Lipinski definition) is 2. The summed E-state index contributed by atoms with van der Waals surface area (Å²) < 4.78 is 0. The third-order valence-electron chi connectivity index (χ3n) is 3.88. The first-order valence-electron chi connectivity index (χ1n) is 7.25. The van der Waals surface area contributed by atoms with Gasteiger partial charge in [-0.15, -0.1) is 0 Å². The van der Waals surface area contributed by atoms with Crippen molar-refractivity contribution in [1.82, 2.24) is 5.32 Å². The Labute approximate surface area is 133 Å². The molecule has 1 atom stereocenters. The van der Waals surface area contributed by atoms with Crippen molar-refractivity contribution in [2.24, 2.45) is 23.5 Å². The molecule has 0 fully saturated rings. The van der Waals surface area contributed by atoms with Crippen molar-refractivity contribution in [3.8, 4) is 0 Å². The van der Waals surface area contributed by atoms with Gasteiger partial charge in [0.05, 0.1) is 0 Å². The van der Waals surface area contributed by atoms with Gasteiger partial charge in [-0.2, -0.15) is 0 Å². The number of nitrogens with one attached hydrogen (secondary N) is 1. The molecule has 0 amide bonds. The maximum absolute atomic E-state index is 6.26. The first-order chi connectivity index (χ1) is 9.36. The van der Waals surface area contributed by atoms with Gasteiger partial charge in [0.1, 0.15) is 0 Å². The lowest BCUT2D eigenvalue weighted by Crippen LogP contribution is -2.35. The number of benzene rings is 1. The molecule has 0 aliphatic heterocycles. The highest BCUT2D eigenvalue weighted by Crippen LogP contribution is 2.27. The van der Waals surface area contributed by atoms with E-state index in [1.807, 2.05) is 12.1 Å². The zero-order valence-electron chi connectivity index (χ0n) is 12.8. The van der Waals surface area contributed by atoms with E-state index >= 15 is 0 Å². The molecule has 0 saturated heterocycles. The summed E-state index contributed by atoms with van der Waals surface area (Å²) in [5, 5.41) is 4.95. The molecular formula is C16H26Cl2N2. The van der Waals surface area contributed by atoms with Gasteiger partial charge in [-0.25, -0.2) is 0 Å². The number of halogens is 2. The Bertz CT molecular complexity index is 411. The normalized spacial score (nSPS) is 13.5. The van der Waals surface area contributed by atoms with Crippen molar-refractivity contribution in [2.45, 2.75) is 33.7 Å². The van der Waals surface area contributed by atoms with Crippen LogP contribution in [0.25, 0.3) is 0 Å². The standard InChI is InChI=1S/C16H26Cl2N2/c1-10(2)14(11(3)4)9-20-16(8-19)13-7-12(17)5-6-15(13)18/h5-7,10-11,14,16,20H,8-9,19H2,1-4H3. The number of nitrogens with two attached hydrogens (primary N) is 1. The molecule has 0 saturated carbocycles. The van der Waals surface area contributed by atoms with Crippen molar-refractivity contribution in [3.05, 3.63) is 33.8 Å². The van der Waals surface area contributed by atoms with Gasteiger partial charge >= 0.3 is 0 Å². The van der Waals surface area contributed by atoms with Crippen molar-refractivity contribution in [1.29, 1.82) is 0 Å². The predicted molar refractivity (Wildman–Crippen MR) is 89.4 cm³/mol. The SMILES string of the molecule is CC(C)C(CNC(CN)c1cc(Cl)ccc1Cl)C(C)C. The van der Waals surface area contributed by atoms with Crippen LogP contribution in [-0.2, 0) is 0 Å². The summed E-state index contributed by atoms with van der Waals surface area (Å²) in [5.74, 6) is 1.88. The van der Waals surface area contributed by atoms with Gasteiger partial charge in [-0.3, -0.25) is 0 Å². The van der Waals surface area contributed by atoms with Crippen LogP contribution in [0.4, 0.5) is 0 Å². The first kappa shape index (κ1) is 17.8. The van der Waals surface area contributed by atoms with Crippen LogP contribution >= 0.6 is 23.2 Å². The molecule has 1 aromatic carbocycles. The van der Waals surface area contributed by atoms with Crippen LogP contribution in [0, 0.1) is 17.8 Å². The molecule has 0 bridgehead atoms. The van der Waals surface area contributed by atoms with Crippen molar-refractivity contribution in [3.63, 3.8) is 0 Å². The van der Waals surface area contributed by atoms with E-state index in [9.17, 15) is 0 Å². The minimum atomic E-state index is 0.0428.